The highest BCUT2D eigenvalue weighted by atomic mass is 32.2. The van der Waals surface area contributed by atoms with E-state index in [1.165, 1.54) is 5.56 Å². The zero-order chi connectivity index (χ0) is 32.5. The van der Waals surface area contributed by atoms with Crippen LogP contribution in [0.2, 0.25) is 0 Å². The van der Waals surface area contributed by atoms with Crippen molar-refractivity contribution < 1.29 is 26.9 Å². The van der Waals surface area contributed by atoms with Crippen LogP contribution in [0.4, 0.5) is 10.5 Å². The van der Waals surface area contributed by atoms with Crippen molar-refractivity contribution in [3.63, 3.8) is 0 Å². The Morgan fingerprint density at radius 1 is 1.04 bits per heavy atom. The molecule has 1 amide bonds. The molecule has 1 saturated heterocycles. The Kier molecular flexibility index (Phi) is 11.9. The van der Waals surface area contributed by atoms with Crippen LogP contribution >= 0.6 is 0 Å². The number of rotatable bonds is 13. The number of aromatic nitrogens is 2. The van der Waals surface area contributed by atoms with Crippen LogP contribution in [0, 0.1) is 0 Å². The standard InChI is InChI=1S/C33H45N5O6S/c1-33(2,3)44-32(39)35-12-6-14-37(4)23-25-7-9-28(10-8-25)30-11-13-34-31(36-30)22-26-19-27(24-43-45(5,40)41)21-29(20-26)38-15-17-42-18-16-38/h7-11,13,19-21H,6,12,14-18,22-24H2,1-5H3,(H,35,39). The molecule has 0 saturated carbocycles. The second kappa shape index (κ2) is 15.6. The van der Waals surface area contributed by atoms with Crippen molar-refractivity contribution >= 4 is 21.9 Å². The maximum Gasteiger partial charge on any atom is 0.407 e. The van der Waals surface area contributed by atoms with Crippen LogP contribution < -0.4 is 10.2 Å². The largest absolute Gasteiger partial charge is 0.444 e. The Balaban J connectivity index is 1.37. The summed E-state index contributed by atoms with van der Waals surface area (Å²) in [6, 6.07) is 16.3. The first kappa shape index (κ1) is 34.3. The van der Waals surface area contributed by atoms with E-state index in [9.17, 15) is 13.2 Å². The normalized spacial score (nSPS) is 14.0. The molecular formula is C33H45N5O6S. The number of carbonyl (C=O) groups excluding carboxylic acids is 1. The fourth-order valence-corrected chi connectivity index (χ4v) is 5.31. The van der Waals surface area contributed by atoms with Crippen molar-refractivity contribution in [2.45, 2.75) is 52.4 Å². The summed E-state index contributed by atoms with van der Waals surface area (Å²) in [4.78, 5) is 25.6. The molecule has 1 aliphatic heterocycles. The zero-order valence-electron chi connectivity index (χ0n) is 26.9. The van der Waals surface area contributed by atoms with Gasteiger partial charge in [0.2, 0.25) is 0 Å². The van der Waals surface area contributed by atoms with Gasteiger partial charge in [0.1, 0.15) is 11.4 Å². The van der Waals surface area contributed by atoms with Gasteiger partial charge in [-0.05, 0) is 75.7 Å². The van der Waals surface area contributed by atoms with Crippen molar-refractivity contribution in [1.82, 2.24) is 20.2 Å². The zero-order valence-corrected chi connectivity index (χ0v) is 27.7. The molecule has 1 aliphatic rings. The molecule has 45 heavy (non-hydrogen) atoms. The van der Waals surface area contributed by atoms with Crippen molar-refractivity contribution in [2.24, 2.45) is 0 Å². The van der Waals surface area contributed by atoms with Crippen LogP contribution in [-0.4, -0.2) is 87.7 Å². The van der Waals surface area contributed by atoms with E-state index in [2.05, 4.69) is 57.5 Å². The van der Waals surface area contributed by atoms with Crippen LogP contribution in [0.5, 0.6) is 0 Å². The molecule has 2 aromatic carbocycles. The lowest BCUT2D eigenvalue weighted by molar-refractivity contribution is 0.0526. The molecule has 0 aliphatic carbocycles. The number of benzene rings is 2. The van der Waals surface area contributed by atoms with Gasteiger partial charge >= 0.3 is 6.09 Å². The predicted molar refractivity (Wildman–Crippen MR) is 175 cm³/mol. The van der Waals surface area contributed by atoms with Gasteiger partial charge < -0.3 is 24.6 Å². The van der Waals surface area contributed by atoms with Crippen molar-refractivity contribution in [3.8, 4) is 11.3 Å². The molecule has 1 fully saturated rings. The quantitative estimate of drug-likeness (QED) is 0.213. The Hall–Kier alpha value is -3.58. The average molecular weight is 640 g/mol. The van der Waals surface area contributed by atoms with Gasteiger partial charge in [-0.2, -0.15) is 8.42 Å². The van der Waals surface area contributed by atoms with Crippen LogP contribution in [0.15, 0.2) is 54.7 Å². The van der Waals surface area contributed by atoms with E-state index < -0.39 is 15.7 Å². The molecule has 0 atom stereocenters. The topological polar surface area (TPSA) is 123 Å². The minimum absolute atomic E-state index is 0.0323. The summed E-state index contributed by atoms with van der Waals surface area (Å²) in [6.07, 6.45) is 3.74. The highest BCUT2D eigenvalue weighted by molar-refractivity contribution is 7.85. The summed E-state index contributed by atoms with van der Waals surface area (Å²) < 4.78 is 39.1. The Morgan fingerprint density at radius 2 is 1.76 bits per heavy atom. The lowest BCUT2D eigenvalue weighted by Crippen LogP contribution is -2.36. The minimum Gasteiger partial charge on any atom is -0.444 e. The first-order valence-electron chi connectivity index (χ1n) is 15.2. The number of amides is 1. The molecule has 3 aromatic rings. The number of carbonyl (C=O) groups is 1. The second-order valence-corrected chi connectivity index (χ2v) is 14.0. The molecule has 1 aromatic heterocycles. The van der Waals surface area contributed by atoms with Crippen LogP contribution in [0.3, 0.4) is 0 Å². The minimum atomic E-state index is -3.57. The second-order valence-electron chi connectivity index (χ2n) is 12.3. The number of anilines is 1. The predicted octanol–water partition coefficient (Wildman–Crippen LogP) is 4.39. The van der Waals surface area contributed by atoms with Gasteiger partial charge in [-0.15, -0.1) is 0 Å². The maximum atomic E-state index is 11.8. The maximum absolute atomic E-state index is 11.8. The SMILES string of the molecule is CN(CCCNC(=O)OC(C)(C)C)Cc1ccc(-c2ccnc(Cc3cc(COS(C)(=O)=O)cc(N4CCOCC4)c3)n2)cc1. The summed E-state index contributed by atoms with van der Waals surface area (Å²) >= 11 is 0. The highest BCUT2D eigenvalue weighted by Gasteiger charge is 2.16. The van der Waals surface area contributed by atoms with E-state index in [0.717, 1.165) is 66.9 Å². The van der Waals surface area contributed by atoms with Crippen LogP contribution in [-0.2, 0) is 43.3 Å². The first-order valence-corrected chi connectivity index (χ1v) is 17.0. The molecule has 0 spiro atoms. The van der Waals surface area contributed by atoms with E-state index in [-0.39, 0.29) is 12.7 Å². The molecule has 4 rings (SSSR count). The van der Waals surface area contributed by atoms with Crippen LogP contribution in [0.25, 0.3) is 11.3 Å². The monoisotopic (exact) mass is 639 g/mol. The number of ether oxygens (including phenoxy) is 2. The van der Waals surface area contributed by atoms with Gasteiger partial charge in [0.05, 0.1) is 31.8 Å². The molecule has 244 valence electrons. The first-order chi connectivity index (χ1) is 21.3. The Bertz CT molecular complexity index is 1520. The fraction of sp³-hybridized carbons (Fsp3) is 0.485. The fourth-order valence-electron chi connectivity index (χ4n) is 4.96. The van der Waals surface area contributed by atoms with Gasteiger partial charge in [0, 0.05) is 50.0 Å². The van der Waals surface area contributed by atoms with Gasteiger partial charge in [-0.25, -0.2) is 14.8 Å². The molecule has 0 unspecified atom stereocenters. The Morgan fingerprint density at radius 3 is 2.44 bits per heavy atom. The third-order valence-corrected chi connectivity index (χ3v) is 7.55. The summed E-state index contributed by atoms with van der Waals surface area (Å²) in [5, 5.41) is 2.80. The third-order valence-electron chi connectivity index (χ3n) is 7.01. The number of nitrogens with one attached hydrogen (secondary N) is 1. The lowest BCUT2D eigenvalue weighted by Gasteiger charge is -2.29. The van der Waals surface area contributed by atoms with E-state index >= 15 is 0 Å². The summed E-state index contributed by atoms with van der Waals surface area (Å²) in [6.45, 7) is 10.5. The third kappa shape index (κ3) is 12.0. The van der Waals surface area contributed by atoms with Gasteiger partial charge in [-0.1, -0.05) is 30.3 Å². The molecule has 2 heterocycles. The smallest absolute Gasteiger partial charge is 0.407 e. The van der Waals surface area contributed by atoms with E-state index in [1.807, 2.05) is 39.0 Å². The van der Waals surface area contributed by atoms with Crippen molar-refractivity contribution in [1.29, 1.82) is 0 Å². The summed E-state index contributed by atoms with van der Waals surface area (Å²) in [5.74, 6) is 0.672. The van der Waals surface area contributed by atoms with Crippen LogP contribution in [0.1, 0.15) is 49.7 Å². The van der Waals surface area contributed by atoms with Gasteiger partial charge in [-0.3, -0.25) is 4.18 Å². The van der Waals surface area contributed by atoms with Gasteiger partial charge in [0.15, 0.2) is 0 Å². The number of hydrogen-bond acceptors (Lipinski definition) is 10. The highest BCUT2D eigenvalue weighted by Crippen LogP contribution is 2.24. The number of hydrogen-bond donors (Lipinski definition) is 1. The Labute approximate surface area is 267 Å². The summed E-state index contributed by atoms with van der Waals surface area (Å²) in [5.41, 5.74) is 5.25. The molecule has 11 nitrogen and oxygen atoms in total. The molecular weight excluding hydrogens is 594 g/mol. The number of alkyl carbamates (subject to hydrolysis) is 1. The van der Waals surface area contributed by atoms with Crippen molar-refractivity contribution in [3.05, 3.63) is 77.2 Å². The molecule has 1 N–H and O–H groups in total. The van der Waals surface area contributed by atoms with Gasteiger partial charge in [0.25, 0.3) is 10.1 Å². The van der Waals surface area contributed by atoms with E-state index in [1.54, 1.807) is 6.20 Å². The summed E-state index contributed by atoms with van der Waals surface area (Å²) in [7, 11) is -1.51. The average Bonchev–Trinajstić information content (AvgIpc) is 2.98. The number of morpholine rings is 1. The number of nitrogens with zero attached hydrogens (tertiary/aromatic N) is 4. The molecule has 12 heteroatoms. The molecule has 0 bridgehead atoms. The van der Waals surface area contributed by atoms with E-state index in [4.69, 9.17) is 18.6 Å². The molecule has 0 radical (unpaired) electrons. The van der Waals surface area contributed by atoms with Crippen molar-refractivity contribution in [2.75, 3.05) is 57.6 Å². The van der Waals surface area contributed by atoms with E-state index in [0.29, 0.717) is 32.0 Å². The lowest BCUT2D eigenvalue weighted by atomic mass is 10.0.